The monoisotopic (exact) mass is 184 g/mol. The van der Waals surface area contributed by atoms with E-state index in [4.69, 9.17) is 5.21 Å². The first-order valence-electron chi connectivity index (χ1n) is 3.71. The maximum absolute atomic E-state index is 10.9. The molecule has 2 rings (SSSR count). The Morgan fingerprint density at radius 1 is 1.75 bits per heavy atom. The maximum Gasteiger partial charge on any atom is 0.286 e. The van der Waals surface area contributed by atoms with Crippen molar-refractivity contribution in [2.45, 2.75) is 18.8 Å². The summed E-state index contributed by atoms with van der Waals surface area (Å²) in [6, 6.07) is 0. The molecule has 1 amide bonds. The van der Waals surface area contributed by atoms with Crippen molar-refractivity contribution in [2.24, 2.45) is 0 Å². The lowest BCUT2D eigenvalue weighted by Crippen LogP contribution is -2.16. The van der Waals surface area contributed by atoms with Crippen molar-refractivity contribution in [1.82, 2.24) is 10.5 Å². The summed E-state index contributed by atoms with van der Waals surface area (Å²) in [6.45, 7) is 0. The summed E-state index contributed by atoms with van der Waals surface area (Å²) in [6.07, 6.45) is 3.85. The minimum atomic E-state index is -0.473. The van der Waals surface area contributed by atoms with Crippen LogP contribution >= 0.6 is 11.3 Å². The number of rotatable bonds is 2. The van der Waals surface area contributed by atoms with Gasteiger partial charge in [-0.1, -0.05) is 0 Å². The second kappa shape index (κ2) is 2.84. The molecule has 1 fully saturated rings. The van der Waals surface area contributed by atoms with Crippen LogP contribution in [0.1, 0.15) is 33.4 Å². The van der Waals surface area contributed by atoms with Crippen LogP contribution < -0.4 is 5.48 Å². The lowest BCUT2D eigenvalue weighted by molar-refractivity contribution is 0.0711. The van der Waals surface area contributed by atoms with Crippen molar-refractivity contribution >= 4 is 17.2 Å². The highest BCUT2D eigenvalue weighted by molar-refractivity contribution is 7.13. The predicted molar refractivity (Wildman–Crippen MR) is 43.3 cm³/mol. The average Bonchev–Trinajstić information content (AvgIpc) is 2.83. The smallest absolute Gasteiger partial charge is 0.286 e. The Morgan fingerprint density at radius 2 is 2.50 bits per heavy atom. The minimum Gasteiger partial charge on any atom is -0.288 e. The van der Waals surface area contributed by atoms with E-state index in [0.717, 1.165) is 5.01 Å². The van der Waals surface area contributed by atoms with Crippen LogP contribution in [0.15, 0.2) is 6.20 Å². The number of hydroxylamine groups is 1. The Balaban J connectivity index is 2.17. The van der Waals surface area contributed by atoms with Gasteiger partial charge in [0.05, 0.1) is 11.2 Å². The zero-order chi connectivity index (χ0) is 8.55. The number of amides is 1. The number of aromatic nitrogens is 1. The topological polar surface area (TPSA) is 62.2 Å². The number of nitrogens with zero attached hydrogens (tertiary/aromatic N) is 1. The van der Waals surface area contributed by atoms with Crippen LogP contribution in [0.4, 0.5) is 0 Å². The second-order valence-electron chi connectivity index (χ2n) is 2.78. The van der Waals surface area contributed by atoms with Gasteiger partial charge in [-0.25, -0.2) is 10.5 Å². The highest BCUT2D eigenvalue weighted by atomic mass is 32.1. The molecule has 1 aromatic heterocycles. The van der Waals surface area contributed by atoms with Crippen LogP contribution in [-0.2, 0) is 0 Å². The first-order valence-corrected chi connectivity index (χ1v) is 4.53. The summed E-state index contributed by atoms with van der Waals surface area (Å²) in [4.78, 5) is 15.4. The molecule has 0 aromatic carbocycles. The fourth-order valence-corrected chi connectivity index (χ4v) is 1.94. The number of thiazole rings is 1. The maximum atomic E-state index is 10.9. The molecule has 12 heavy (non-hydrogen) atoms. The molecule has 1 aliphatic rings. The fraction of sp³-hybridized carbons (Fsp3) is 0.429. The van der Waals surface area contributed by atoms with E-state index < -0.39 is 5.91 Å². The molecule has 1 saturated carbocycles. The highest BCUT2D eigenvalue weighted by Gasteiger charge is 2.27. The van der Waals surface area contributed by atoms with E-state index in [1.165, 1.54) is 30.4 Å². The Kier molecular flexibility index (Phi) is 1.82. The third-order valence-corrected chi connectivity index (χ3v) is 2.93. The first kappa shape index (κ1) is 7.70. The van der Waals surface area contributed by atoms with Crippen molar-refractivity contribution in [2.75, 3.05) is 0 Å². The van der Waals surface area contributed by atoms with Crippen LogP contribution in [0.2, 0.25) is 0 Å². The zero-order valence-electron chi connectivity index (χ0n) is 6.28. The standard InChI is InChI=1S/C7H8N2O2S/c10-6(9-11)5-3-8-7(12-5)4-1-2-4/h3-4,11H,1-2H2,(H,9,10). The first-order chi connectivity index (χ1) is 5.81. The van der Waals surface area contributed by atoms with Gasteiger partial charge >= 0.3 is 0 Å². The van der Waals surface area contributed by atoms with Gasteiger partial charge in [0.15, 0.2) is 0 Å². The van der Waals surface area contributed by atoms with Crippen molar-refractivity contribution in [3.63, 3.8) is 0 Å². The van der Waals surface area contributed by atoms with E-state index in [1.54, 1.807) is 5.48 Å². The summed E-state index contributed by atoms with van der Waals surface area (Å²) in [7, 11) is 0. The molecule has 0 unspecified atom stereocenters. The number of hydrogen-bond donors (Lipinski definition) is 2. The summed E-state index contributed by atoms with van der Waals surface area (Å²) < 4.78 is 0. The molecule has 1 aliphatic carbocycles. The lowest BCUT2D eigenvalue weighted by atomic mass is 10.5. The molecule has 0 radical (unpaired) electrons. The zero-order valence-corrected chi connectivity index (χ0v) is 7.10. The fourth-order valence-electron chi connectivity index (χ4n) is 0.967. The van der Waals surface area contributed by atoms with Crippen LogP contribution in [0, 0.1) is 0 Å². The van der Waals surface area contributed by atoms with Crippen LogP contribution in [0.3, 0.4) is 0 Å². The second-order valence-corrected chi connectivity index (χ2v) is 3.84. The molecule has 1 heterocycles. The van der Waals surface area contributed by atoms with E-state index in [1.807, 2.05) is 0 Å². The van der Waals surface area contributed by atoms with E-state index in [-0.39, 0.29) is 0 Å². The Hall–Kier alpha value is -0.940. The van der Waals surface area contributed by atoms with Gasteiger partial charge in [0.2, 0.25) is 0 Å². The summed E-state index contributed by atoms with van der Waals surface area (Å²) in [5, 5.41) is 9.34. The largest absolute Gasteiger partial charge is 0.288 e. The highest BCUT2D eigenvalue weighted by Crippen LogP contribution is 2.41. The van der Waals surface area contributed by atoms with E-state index in [2.05, 4.69) is 4.98 Å². The number of hydrogen-bond acceptors (Lipinski definition) is 4. The molecule has 0 spiro atoms. The van der Waals surface area contributed by atoms with Crippen molar-refractivity contribution in [3.05, 3.63) is 16.1 Å². The van der Waals surface area contributed by atoms with Crippen LogP contribution in [-0.4, -0.2) is 16.1 Å². The average molecular weight is 184 g/mol. The van der Waals surface area contributed by atoms with Crippen molar-refractivity contribution in [3.8, 4) is 0 Å². The molecule has 1 aromatic rings. The molecule has 0 atom stereocenters. The van der Waals surface area contributed by atoms with Gasteiger partial charge in [-0.15, -0.1) is 11.3 Å². The van der Waals surface area contributed by atoms with Crippen molar-refractivity contribution in [1.29, 1.82) is 0 Å². The number of carbonyl (C=O) groups excluding carboxylic acids is 1. The number of nitrogens with one attached hydrogen (secondary N) is 1. The minimum absolute atomic E-state index is 0.472. The molecule has 64 valence electrons. The van der Waals surface area contributed by atoms with Gasteiger partial charge in [0.25, 0.3) is 5.91 Å². The molecule has 4 nitrogen and oxygen atoms in total. The third-order valence-electron chi connectivity index (χ3n) is 1.78. The Bertz CT molecular complexity index is 306. The van der Waals surface area contributed by atoms with Crippen LogP contribution in [0.5, 0.6) is 0 Å². The van der Waals surface area contributed by atoms with Gasteiger partial charge < -0.3 is 0 Å². The van der Waals surface area contributed by atoms with E-state index in [0.29, 0.717) is 10.8 Å². The van der Waals surface area contributed by atoms with E-state index in [9.17, 15) is 4.79 Å². The molecule has 2 N–H and O–H groups in total. The van der Waals surface area contributed by atoms with Crippen molar-refractivity contribution < 1.29 is 10.0 Å². The van der Waals surface area contributed by atoms with Gasteiger partial charge in [0.1, 0.15) is 4.88 Å². The third kappa shape index (κ3) is 1.33. The normalized spacial score (nSPS) is 16.1. The molecular formula is C7H8N2O2S. The molecular weight excluding hydrogens is 176 g/mol. The van der Waals surface area contributed by atoms with Gasteiger partial charge in [-0.3, -0.25) is 10.0 Å². The lowest BCUT2D eigenvalue weighted by Gasteiger charge is -1.89. The molecule has 5 heteroatoms. The molecule has 0 bridgehead atoms. The quantitative estimate of drug-likeness (QED) is 0.535. The summed E-state index contributed by atoms with van der Waals surface area (Å²) >= 11 is 1.35. The van der Waals surface area contributed by atoms with Crippen LogP contribution in [0.25, 0.3) is 0 Å². The summed E-state index contributed by atoms with van der Waals surface area (Å²) in [5.41, 5.74) is 1.59. The SMILES string of the molecule is O=C(NO)c1cnc(C2CC2)s1. The summed E-state index contributed by atoms with van der Waals surface area (Å²) in [5.74, 6) is 0.0923. The van der Waals surface area contributed by atoms with Gasteiger partial charge in [-0.2, -0.15) is 0 Å². The Morgan fingerprint density at radius 3 is 3.08 bits per heavy atom. The van der Waals surface area contributed by atoms with E-state index >= 15 is 0 Å². The number of carbonyl (C=O) groups is 1. The van der Waals surface area contributed by atoms with Gasteiger partial charge in [0, 0.05) is 5.92 Å². The predicted octanol–water partition coefficient (Wildman–Crippen LogP) is 1.14. The molecule has 0 saturated heterocycles. The molecule has 0 aliphatic heterocycles. The Labute approximate surface area is 73.2 Å². The van der Waals surface area contributed by atoms with Gasteiger partial charge in [-0.05, 0) is 12.8 Å².